The number of hydrogen-bond acceptors (Lipinski definition) is 3. The molecule has 4 nitrogen and oxygen atoms in total. The molecule has 0 bridgehead atoms. The van der Waals surface area contributed by atoms with Crippen LogP contribution in [0.4, 0.5) is 0 Å². The topological polar surface area (TPSA) is 74.6 Å². The third-order valence-corrected chi connectivity index (χ3v) is 2.16. The predicted molar refractivity (Wildman–Crippen MR) is 54.3 cm³/mol. The van der Waals surface area contributed by atoms with Crippen LogP contribution in [0.1, 0.15) is 23.2 Å². The molecule has 0 heterocycles. The number of benzene rings is 1. The van der Waals surface area contributed by atoms with Crippen LogP contribution in [-0.4, -0.2) is 22.0 Å². The molecule has 5 heteroatoms. The number of carboxylic acid groups (broad SMARTS) is 1. The molecule has 0 aliphatic rings. The highest BCUT2D eigenvalue weighted by Crippen LogP contribution is 2.27. The molecule has 2 N–H and O–H groups in total. The number of hydrogen-bond donors (Lipinski definition) is 2. The number of para-hydroxylation sites is 1. The Morgan fingerprint density at radius 1 is 1.27 bits per heavy atom. The fraction of sp³-hybridized carbons (Fsp3) is 0.200. The quantitative estimate of drug-likeness (QED) is 0.774. The summed E-state index contributed by atoms with van der Waals surface area (Å²) >= 11 is 5.60. The van der Waals surface area contributed by atoms with E-state index in [1.54, 1.807) is 0 Å². The SMILES string of the molecule is O=C(O)CCC(=O)c1cccc(Cl)c1O. The Morgan fingerprint density at radius 2 is 1.93 bits per heavy atom. The second-order valence-electron chi connectivity index (χ2n) is 2.95. The molecule has 0 fully saturated rings. The first-order valence-electron chi connectivity index (χ1n) is 4.25. The first kappa shape index (κ1) is 11.5. The summed E-state index contributed by atoms with van der Waals surface area (Å²) in [4.78, 5) is 21.7. The molecular formula is C10H9ClO4. The van der Waals surface area contributed by atoms with Crippen molar-refractivity contribution in [1.29, 1.82) is 0 Å². The van der Waals surface area contributed by atoms with Crippen LogP contribution in [0.3, 0.4) is 0 Å². The molecule has 0 aliphatic heterocycles. The maximum Gasteiger partial charge on any atom is 0.303 e. The van der Waals surface area contributed by atoms with Gasteiger partial charge in [0.25, 0.3) is 0 Å². The lowest BCUT2D eigenvalue weighted by Crippen LogP contribution is -2.04. The molecule has 0 saturated heterocycles. The average Bonchev–Trinajstić information content (AvgIpc) is 2.18. The minimum Gasteiger partial charge on any atom is -0.506 e. The van der Waals surface area contributed by atoms with E-state index in [1.165, 1.54) is 18.2 Å². The highest BCUT2D eigenvalue weighted by atomic mass is 35.5. The van der Waals surface area contributed by atoms with E-state index in [-0.39, 0.29) is 29.2 Å². The highest BCUT2D eigenvalue weighted by molar-refractivity contribution is 6.32. The monoisotopic (exact) mass is 228 g/mol. The fourth-order valence-corrected chi connectivity index (χ4v) is 1.27. The Kier molecular flexibility index (Phi) is 3.68. The van der Waals surface area contributed by atoms with Gasteiger partial charge < -0.3 is 10.2 Å². The molecule has 0 spiro atoms. The van der Waals surface area contributed by atoms with Crippen LogP contribution in [0, 0.1) is 0 Å². The number of Topliss-reactive ketones (excluding diaryl/α,β-unsaturated/α-hetero) is 1. The fourth-order valence-electron chi connectivity index (χ4n) is 1.10. The zero-order valence-corrected chi connectivity index (χ0v) is 8.49. The molecular weight excluding hydrogens is 220 g/mol. The summed E-state index contributed by atoms with van der Waals surface area (Å²) in [5.41, 5.74) is 0.0590. The van der Waals surface area contributed by atoms with Crippen molar-refractivity contribution in [1.82, 2.24) is 0 Å². The summed E-state index contributed by atoms with van der Waals surface area (Å²) in [7, 11) is 0. The van der Waals surface area contributed by atoms with Gasteiger partial charge in [-0.05, 0) is 12.1 Å². The number of phenolic OH excluding ortho intramolecular Hbond substituents is 1. The number of carboxylic acids is 1. The van der Waals surface area contributed by atoms with Gasteiger partial charge in [0.2, 0.25) is 0 Å². The van der Waals surface area contributed by atoms with E-state index in [9.17, 15) is 14.7 Å². The van der Waals surface area contributed by atoms with Crippen LogP contribution in [0.5, 0.6) is 5.75 Å². The molecule has 0 radical (unpaired) electrons. The van der Waals surface area contributed by atoms with Crippen molar-refractivity contribution in [2.45, 2.75) is 12.8 Å². The third-order valence-electron chi connectivity index (χ3n) is 1.85. The Balaban J connectivity index is 2.82. The molecule has 1 rings (SSSR count). The average molecular weight is 229 g/mol. The van der Waals surface area contributed by atoms with Crippen molar-refractivity contribution in [3.05, 3.63) is 28.8 Å². The minimum atomic E-state index is -1.05. The number of aromatic hydroxyl groups is 1. The summed E-state index contributed by atoms with van der Waals surface area (Å²) < 4.78 is 0. The van der Waals surface area contributed by atoms with Crippen LogP contribution in [-0.2, 0) is 4.79 Å². The van der Waals surface area contributed by atoms with Gasteiger partial charge in [-0.2, -0.15) is 0 Å². The third kappa shape index (κ3) is 2.95. The van der Waals surface area contributed by atoms with Crippen molar-refractivity contribution in [2.24, 2.45) is 0 Å². The van der Waals surface area contributed by atoms with Crippen LogP contribution >= 0.6 is 11.6 Å². The Bertz CT molecular complexity index is 400. The lowest BCUT2D eigenvalue weighted by atomic mass is 10.1. The van der Waals surface area contributed by atoms with Gasteiger partial charge in [0.1, 0.15) is 5.75 Å². The summed E-state index contributed by atoms with van der Waals surface area (Å²) in [5, 5.41) is 17.9. The van der Waals surface area contributed by atoms with Crippen LogP contribution in [0.25, 0.3) is 0 Å². The number of rotatable bonds is 4. The second kappa shape index (κ2) is 4.79. The molecule has 0 unspecified atom stereocenters. The molecule has 15 heavy (non-hydrogen) atoms. The van der Waals surface area contributed by atoms with E-state index in [1.807, 2.05) is 0 Å². The summed E-state index contributed by atoms with van der Waals surface area (Å²) in [5.74, 6) is -1.78. The zero-order valence-electron chi connectivity index (χ0n) is 7.74. The molecule has 80 valence electrons. The predicted octanol–water partition coefficient (Wildman–Crippen LogP) is 2.09. The summed E-state index contributed by atoms with van der Waals surface area (Å²) in [6.07, 6.45) is -0.409. The van der Waals surface area contributed by atoms with Crippen molar-refractivity contribution >= 4 is 23.4 Å². The van der Waals surface area contributed by atoms with E-state index in [4.69, 9.17) is 16.7 Å². The van der Waals surface area contributed by atoms with Gasteiger partial charge in [0, 0.05) is 6.42 Å². The molecule has 0 atom stereocenters. The van der Waals surface area contributed by atoms with Crippen LogP contribution in [0.2, 0.25) is 5.02 Å². The number of ketones is 1. The molecule has 1 aromatic rings. The van der Waals surface area contributed by atoms with Gasteiger partial charge in [-0.1, -0.05) is 17.7 Å². The van der Waals surface area contributed by atoms with E-state index >= 15 is 0 Å². The van der Waals surface area contributed by atoms with Crippen molar-refractivity contribution in [3.8, 4) is 5.75 Å². The standard InChI is InChI=1S/C10H9ClO4/c11-7-3-1-2-6(10(7)15)8(12)4-5-9(13)14/h1-3,15H,4-5H2,(H,13,14). The van der Waals surface area contributed by atoms with Gasteiger partial charge >= 0.3 is 5.97 Å². The van der Waals surface area contributed by atoms with Gasteiger partial charge in [-0.3, -0.25) is 9.59 Å². The normalized spacial score (nSPS) is 9.93. The van der Waals surface area contributed by atoms with Gasteiger partial charge in [-0.25, -0.2) is 0 Å². The summed E-state index contributed by atoms with van der Waals surface area (Å²) in [6, 6.07) is 4.38. The van der Waals surface area contributed by atoms with E-state index in [0.717, 1.165) is 0 Å². The Labute approximate surface area is 91.1 Å². The Morgan fingerprint density at radius 3 is 2.53 bits per heavy atom. The number of carbonyl (C=O) groups excluding carboxylic acids is 1. The maximum atomic E-state index is 11.4. The number of carbonyl (C=O) groups is 2. The van der Waals surface area contributed by atoms with Crippen molar-refractivity contribution in [3.63, 3.8) is 0 Å². The number of aliphatic carboxylic acids is 1. The van der Waals surface area contributed by atoms with E-state index < -0.39 is 11.8 Å². The highest BCUT2D eigenvalue weighted by Gasteiger charge is 2.14. The van der Waals surface area contributed by atoms with Crippen molar-refractivity contribution in [2.75, 3.05) is 0 Å². The molecule has 0 saturated carbocycles. The lowest BCUT2D eigenvalue weighted by Gasteiger charge is -2.03. The van der Waals surface area contributed by atoms with Gasteiger partial charge in [0.05, 0.1) is 17.0 Å². The largest absolute Gasteiger partial charge is 0.506 e. The van der Waals surface area contributed by atoms with Crippen LogP contribution in [0.15, 0.2) is 18.2 Å². The van der Waals surface area contributed by atoms with Gasteiger partial charge in [-0.15, -0.1) is 0 Å². The first-order chi connectivity index (χ1) is 7.02. The molecule has 1 aromatic carbocycles. The summed E-state index contributed by atoms with van der Waals surface area (Å²) in [6.45, 7) is 0. The van der Waals surface area contributed by atoms with Gasteiger partial charge in [0.15, 0.2) is 5.78 Å². The first-order valence-corrected chi connectivity index (χ1v) is 4.62. The smallest absolute Gasteiger partial charge is 0.303 e. The second-order valence-corrected chi connectivity index (χ2v) is 3.36. The number of halogens is 1. The lowest BCUT2D eigenvalue weighted by molar-refractivity contribution is -0.136. The van der Waals surface area contributed by atoms with Crippen molar-refractivity contribution < 1.29 is 19.8 Å². The molecule has 0 amide bonds. The van der Waals surface area contributed by atoms with E-state index in [0.29, 0.717) is 0 Å². The zero-order chi connectivity index (χ0) is 11.4. The minimum absolute atomic E-state index is 0.0590. The number of phenols is 1. The molecule has 0 aliphatic carbocycles. The maximum absolute atomic E-state index is 11.4. The van der Waals surface area contributed by atoms with Crippen LogP contribution < -0.4 is 0 Å². The van der Waals surface area contributed by atoms with E-state index in [2.05, 4.69) is 0 Å². The molecule has 0 aromatic heterocycles. The Hall–Kier alpha value is -1.55.